The van der Waals surface area contributed by atoms with E-state index in [0.29, 0.717) is 24.6 Å². The van der Waals surface area contributed by atoms with E-state index in [1.54, 1.807) is 25.5 Å². The molecule has 1 heterocycles. The molecule has 2 rings (SSSR count). The summed E-state index contributed by atoms with van der Waals surface area (Å²) in [4.78, 5) is 10.9. The quantitative estimate of drug-likeness (QED) is 0.460. The Balaban J connectivity index is 2.00. The highest BCUT2D eigenvalue weighted by atomic mass is 32.1. The highest BCUT2D eigenvalue weighted by molar-refractivity contribution is 7.09. The molecular formula is C19H24N4O2S. The molecule has 1 aromatic heterocycles. The topological polar surface area (TPSA) is 59.0 Å². The molecule has 0 aliphatic heterocycles. The van der Waals surface area contributed by atoms with Crippen molar-refractivity contribution in [2.45, 2.75) is 20.0 Å². The highest BCUT2D eigenvalue weighted by Crippen LogP contribution is 2.28. The van der Waals surface area contributed by atoms with Gasteiger partial charge in [-0.15, -0.1) is 17.8 Å². The average molecular weight is 372 g/mol. The van der Waals surface area contributed by atoms with Gasteiger partial charge in [0, 0.05) is 26.0 Å². The Morgan fingerprint density at radius 1 is 1.42 bits per heavy atom. The smallest absolute Gasteiger partial charge is 0.194 e. The normalized spacial score (nSPS) is 11.0. The van der Waals surface area contributed by atoms with Crippen LogP contribution in [0.15, 0.2) is 28.6 Å². The molecule has 138 valence electrons. The molecule has 0 amide bonds. The number of hydrogen-bond donors (Lipinski definition) is 1. The molecule has 0 aliphatic carbocycles. The summed E-state index contributed by atoms with van der Waals surface area (Å²) in [7, 11) is 5.35. The van der Waals surface area contributed by atoms with Gasteiger partial charge in [-0.1, -0.05) is 12.0 Å². The van der Waals surface area contributed by atoms with Crippen LogP contribution in [0.4, 0.5) is 0 Å². The summed E-state index contributed by atoms with van der Waals surface area (Å²) in [6.45, 7) is 3.50. The number of ether oxygens (including phenoxy) is 2. The molecule has 1 N–H and O–H groups in total. The molecule has 0 radical (unpaired) electrons. The average Bonchev–Trinajstić information content (AvgIpc) is 3.05. The van der Waals surface area contributed by atoms with Crippen molar-refractivity contribution in [3.8, 4) is 23.8 Å². The van der Waals surface area contributed by atoms with Gasteiger partial charge in [0.05, 0.1) is 24.4 Å². The van der Waals surface area contributed by atoms with Crippen LogP contribution in [-0.4, -0.2) is 43.7 Å². The summed E-state index contributed by atoms with van der Waals surface area (Å²) < 4.78 is 10.8. The Bertz CT molecular complexity index is 795. The van der Waals surface area contributed by atoms with Crippen LogP contribution in [0.25, 0.3) is 0 Å². The first kappa shape index (κ1) is 19.6. The predicted molar refractivity (Wildman–Crippen MR) is 106 cm³/mol. The van der Waals surface area contributed by atoms with Crippen LogP contribution in [0.1, 0.15) is 16.3 Å². The number of rotatable bonds is 7. The lowest BCUT2D eigenvalue weighted by atomic mass is 10.2. The largest absolute Gasteiger partial charge is 0.493 e. The minimum atomic E-state index is 0.199. The molecule has 26 heavy (non-hydrogen) atoms. The minimum Gasteiger partial charge on any atom is -0.493 e. The van der Waals surface area contributed by atoms with Crippen molar-refractivity contribution in [2.75, 3.05) is 27.8 Å². The minimum absolute atomic E-state index is 0.199. The Hall–Kier alpha value is -2.72. The SMILES string of the molecule is C#CCOc1cc(CNC(=NC)N(C)Cc2csc(C)n2)ccc1OC. The van der Waals surface area contributed by atoms with E-state index in [0.717, 1.165) is 22.2 Å². The molecule has 0 spiro atoms. The van der Waals surface area contributed by atoms with E-state index in [4.69, 9.17) is 15.9 Å². The molecule has 0 atom stereocenters. The van der Waals surface area contributed by atoms with Crippen molar-refractivity contribution in [1.82, 2.24) is 15.2 Å². The maximum atomic E-state index is 5.54. The summed E-state index contributed by atoms with van der Waals surface area (Å²) in [6, 6.07) is 5.76. The molecular weight excluding hydrogens is 348 g/mol. The van der Waals surface area contributed by atoms with Gasteiger partial charge < -0.3 is 19.7 Å². The van der Waals surface area contributed by atoms with E-state index in [2.05, 4.69) is 26.6 Å². The first-order chi connectivity index (χ1) is 12.6. The Morgan fingerprint density at radius 3 is 2.85 bits per heavy atom. The zero-order valence-corrected chi connectivity index (χ0v) is 16.4. The van der Waals surface area contributed by atoms with Gasteiger partial charge in [0.2, 0.25) is 0 Å². The van der Waals surface area contributed by atoms with Gasteiger partial charge in [0.15, 0.2) is 17.5 Å². The number of aromatic nitrogens is 1. The molecule has 0 bridgehead atoms. The van der Waals surface area contributed by atoms with Crippen LogP contribution in [0.5, 0.6) is 11.5 Å². The van der Waals surface area contributed by atoms with Gasteiger partial charge in [-0.05, 0) is 24.6 Å². The zero-order chi connectivity index (χ0) is 18.9. The lowest BCUT2D eigenvalue weighted by Crippen LogP contribution is -2.38. The maximum absolute atomic E-state index is 5.54. The van der Waals surface area contributed by atoms with Gasteiger partial charge in [-0.2, -0.15) is 0 Å². The fourth-order valence-corrected chi connectivity index (χ4v) is 3.03. The number of hydrogen-bond acceptors (Lipinski definition) is 5. The third-order valence-electron chi connectivity index (χ3n) is 3.63. The Morgan fingerprint density at radius 2 is 2.23 bits per heavy atom. The van der Waals surface area contributed by atoms with Crippen molar-refractivity contribution in [3.63, 3.8) is 0 Å². The molecule has 6 nitrogen and oxygen atoms in total. The predicted octanol–water partition coefficient (Wildman–Crippen LogP) is 2.68. The van der Waals surface area contributed by atoms with Gasteiger partial charge in [-0.3, -0.25) is 4.99 Å². The number of nitrogens with one attached hydrogen (secondary N) is 1. The van der Waals surface area contributed by atoms with Gasteiger partial charge in [0.25, 0.3) is 0 Å². The maximum Gasteiger partial charge on any atom is 0.194 e. The number of terminal acetylenes is 1. The lowest BCUT2D eigenvalue weighted by Gasteiger charge is -2.21. The van der Waals surface area contributed by atoms with Crippen LogP contribution in [0, 0.1) is 19.3 Å². The Kier molecular flexibility index (Phi) is 7.30. The van der Waals surface area contributed by atoms with E-state index in [1.165, 1.54) is 0 Å². The molecule has 0 unspecified atom stereocenters. The van der Waals surface area contributed by atoms with E-state index in [1.807, 2.05) is 37.1 Å². The molecule has 0 saturated heterocycles. The second-order valence-corrected chi connectivity index (χ2v) is 6.65. The van der Waals surface area contributed by atoms with Crippen LogP contribution in [-0.2, 0) is 13.1 Å². The molecule has 0 saturated carbocycles. The van der Waals surface area contributed by atoms with Crippen molar-refractivity contribution in [1.29, 1.82) is 0 Å². The number of nitrogens with zero attached hydrogens (tertiary/aromatic N) is 3. The third kappa shape index (κ3) is 5.39. The van der Waals surface area contributed by atoms with E-state index in [9.17, 15) is 0 Å². The summed E-state index contributed by atoms with van der Waals surface area (Å²) in [5.41, 5.74) is 2.07. The van der Waals surface area contributed by atoms with Gasteiger partial charge >= 0.3 is 0 Å². The summed E-state index contributed by atoms with van der Waals surface area (Å²) in [5.74, 6) is 4.54. The van der Waals surface area contributed by atoms with Crippen molar-refractivity contribution >= 4 is 17.3 Å². The number of aliphatic imine (C=N–C) groups is 1. The van der Waals surface area contributed by atoms with E-state index < -0.39 is 0 Å². The molecule has 1 aromatic carbocycles. The van der Waals surface area contributed by atoms with Crippen molar-refractivity contribution < 1.29 is 9.47 Å². The van der Waals surface area contributed by atoms with Crippen LogP contribution < -0.4 is 14.8 Å². The van der Waals surface area contributed by atoms with Gasteiger partial charge in [0.1, 0.15) is 6.61 Å². The highest BCUT2D eigenvalue weighted by Gasteiger charge is 2.10. The second-order valence-electron chi connectivity index (χ2n) is 5.59. The van der Waals surface area contributed by atoms with Crippen LogP contribution >= 0.6 is 11.3 Å². The monoisotopic (exact) mass is 372 g/mol. The molecule has 7 heteroatoms. The fourth-order valence-electron chi connectivity index (χ4n) is 2.43. The first-order valence-electron chi connectivity index (χ1n) is 8.13. The van der Waals surface area contributed by atoms with Crippen molar-refractivity contribution in [3.05, 3.63) is 39.8 Å². The first-order valence-corrected chi connectivity index (χ1v) is 9.01. The standard InChI is InChI=1S/C19H24N4O2S/c1-6-9-25-18-10-15(7-8-17(18)24-5)11-21-19(20-3)23(4)12-16-13-26-14(2)22-16/h1,7-8,10,13H,9,11-12H2,2-5H3,(H,20,21). The number of aryl methyl sites for hydroxylation is 1. The van der Waals surface area contributed by atoms with Gasteiger partial charge in [-0.25, -0.2) is 4.98 Å². The fraction of sp³-hybridized carbons (Fsp3) is 0.368. The molecule has 2 aromatic rings. The number of benzene rings is 1. The second kappa shape index (κ2) is 9.68. The lowest BCUT2D eigenvalue weighted by molar-refractivity contribution is 0.330. The summed E-state index contributed by atoms with van der Waals surface area (Å²) in [5, 5.41) is 6.48. The summed E-state index contributed by atoms with van der Waals surface area (Å²) in [6.07, 6.45) is 5.27. The summed E-state index contributed by atoms with van der Waals surface area (Å²) >= 11 is 1.65. The number of thiazole rings is 1. The van der Waals surface area contributed by atoms with Crippen molar-refractivity contribution in [2.24, 2.45) is 4.99 Å². The Labute approximate surface area is 158 Å². The van der Waals surface area contributed by atoms with Crippen LogP contribution in [0.3, 0.4) is 0 Å². The number of guanidine groups is 1. The van der Waals surface area contributed by atoms with E-state index >= 15 is 0 Å². The number of methoxy groups -OCH3 is 1. The van der Waals surface area contributed by atoms with E-state index in [-0.39, 0.29) is 6.61 Å². The van der Waals surface area contributed by atoms with Crippen LogP contribution in [0.2, 0.25) is 0 Å². The molecule has 0 fully saturated rings. The zero-order valence-electron chi connectivity index (χ0n) is 15.6. The molecule has 0 aliphatic rings. The third-order valence-corrected chi connectivity index (χ3v) is 4.45.